The van der Waals surface area contributed by atoms with Crippen LogP contribution in [0.15, 0.2) is 28.8 Å². The molecule has 0 aliphatic carbocycles. The molecule has 0 bridgehead atoms. The van der Waals surface area contributed by atoms with Crippen molar-refractivity contribution >= 4 is 11.6 Å². The van der Waals surface area contributed by atoms with Crippen LogP contribution >= 0.6 is 0 Å². The highest BCUT2D eigenvalue weighted by molar-refractivity contribution is 5.73. The summed E-state index contributed by atoms with van der Waals surface area (Å²) in [6.45, 7) is 6.65. The predicted molar refractivity (Wildman–Crippen MR) is 81.9 cm³/mol. The first-order valence-corrected chi connectivity index (χ1v) is 6.94. The SMILES string of the molecule is CC(=O)N(C)Cc1ccccc1NCc1c(C)noc1C. The molecule has 0 spiro atoms. The maximum Gasteiger partial charge on any atom is 0.219 e. The standard InChI is InChI=1S/C16H21N3O2/c1-11-15(12(2)21-18-11)9-17-16-8-6-5-7-14(16)10-19(4)13(3)20/h5-8,17H,9-10H2,1-4H3. The van der Waals surface area contributed by atoms with Crippen molar-refractivity contribution < 1.29 is 9.32 Å². The molecular formula is C16H21N3O2. The average Bonchev–Trinajstić information content (AvgIpc) is 2.77. The third-order valence-electron chi connectivity index (χ3n) is 3.60. The lowest BCUT2D eigenvalue weighted by atomic mass is 10.1. The maximum absolute atomic E-state index is 11.4. The molecule has 112 valence electrons. The summed E-state index contributed by atoms with van der Waals surface area (Å²) in [4.78, 5) is 13.1. The third-order valence-corrected chi connectivity index (χ3v) is 3.60. The van der Waals surface area contributed by atoms with E-state index in [9.17, 15) is 4.79 Å². The second-order valence-corrected chi connectivity index (χ2v) is 5.19. The maximum atomic E-state index is 11.4. The van der Waals surface area contributed by atoms with Crippen LogP contribution in [-0.2, 0) is 17.9 Å². The topological polar surface area (TPSA) is 58.4 Å². The molecule has 5 nitrogen and oxygen atoms in total. The second-order valence-electron chi connectivity index (χ2n) is 5.19. The van der Waals surface area contributed by atoms with Crippen molar-refractivity contribution in [3.05, 3.63) is 46.8 Å². The fraction of sp³-hybridized carbons (Fsp3) is 0.375. The quantitative estimate of drug-likeness (QED) is 0.918. The fourth-order valence-corrected chi connectivity index (χ4v) is 2.14. The first-order valence-electron chi connectivity index (χ1n) is 6.94. The number of nitrogens with zero attached hydrogens (tertiary/aromatic N) is 2. The lowest BCUT2D eigenvalue weighted by Crippen LogP contribution is -2.23. The largest absolute Gasteiger partial charge is 0.380 e. The molecule has 1 aromatic heterocycles. The Bertz CT molecular complexity index is 615. The van der Waals surface area contributed by atoms with Crippen molar-refractivity contribution in [2.75, 3.05) is 12.4 Å². The first kappa shape index (κ1) is 15.1. The Morgan fingerprint density at radius 2 is 2.05 bits per heavy atom. The number of para-hydroxylation sites is 1. The molecule has 1 N–H and O–H groups in total. The van der Waals surface area contributed by atoms with Gasteiger partial charge in [0.25, 0.3) is 0 Å². The minimum atomic E-state index is 0.0514. The van der Waals surface area contributed by atoms with Gasteiger partial charge in [0.05, 0.1) is 5.69 Å². The van der Waals surface area contributed by atoms with Gasteiger partial charge in [-0.15, -0.1) is 0 Å². The smallest absolute Gasteiger partial charge is 0.219 e. The van der Waals surface area contributed by atoms with Crippen LogP contribution in [0.4, 0.5) is 5.69 Å². The summed E-state index contributed by atoms with van der Waals surface area (Å²) in [6, 6.07) is 7.99. The number of rotatable bonds is 5. The van der Waals surface area contributed by atoms with Gasteiger partial charge in [0.1, 0.15) is 5.76 Å². The summed E-state index contributed by atoms with van der Waals surface area (Å²) in [5, 5.41) is 7.36. The molecule has 0 atom stereocenters. The van der Waals surface area contributed by atoms with Crippen LogP contribution in [0.25, 0.3) is 0 Å². The minimum Gasteiger partial charge on any atom is -0.380 e. The zero-order valence-corrected chi connectivity index (χ0v) is 12.9. The number of anilines is 1. The van der Waals surface area contributed by atoms with Crippen LogP contribution in [0.1, 0.15) is 29.5 Å². The van der Waals surface area contributed by atoms with Crippen LogP contribution < -0.4 is 5.32 Å². The summed E-state index contributed by atoms with van der Waals surface area (Å²) in [5.74, 6) is 0.883. The van der Waals surface area contributed by atoms with Crippen LogP contribution in [0.5, 0.6) is 0 Å². The number of aryl methyl sites for hydroxylation is 2. The molecule has 2 aromatic rings. The van der Waals surface area contributed by atoms with E-state index in [-0.39, 0.29) is 5.91 Å². The third kappa shape index (κ3) is 3.62. The van der Waals surface area contributed by atoms with Crippen molar-refractivity contribution in [2.24, 2.45) is 0 Å². The average molecular weight is 287 g/mol. The summed E-state index contributed by atoms with van der Waals surface area (Å²) < 4.78 is 5.17. The Labute approximate surface area is 124 Å². The van der Waals surface area contributed by atoms with Gasteiger partial charge in [-0.25, -0.2) is 0 Å². The Morgan fingerprint density at radius 3 is 2.67 bits per heavy atom. The van der Waals surface area contributed by atoms with Gasteiger partial charge in [0, 0.05) is 38.3 Å². The molecule has 0 saturated heterocycles. The van der Waals surface area contributed by atoms with Gasteiger partial charge in [0.2, 0.25) is 5.91 Å². The van der Waals surface area contributed by atoms with E-state index in [0.717, 1.165) is 28.3 Å². The summed E-state index contributed by atoms with van der Waals surface area (Å²) in [6.07, 6.45) is 0. The van der Waals surface area contributed by atoms with Crippen LogP contribution in [0.3, 0.4) is 0 Å². The number of carbonyl (C=O) groups excluding carboxylic acids is 1. The highest BCUT2D eigenvalue weighted by atomic mass is 16.5. The molecule has 1 heterocycles. The lowest BCUT2D eigenvalue weighted by molar-refractivity contribution is -0.128. The van der Waals surface area contributed by atoms with Gasteiger partial charge < -0.3 is 14.7 Å². The van der Waals surface area contributed by atoms with Gasteiger partial charge in [0.15, 0.2) is 0 Å². The molecule has 0 aliphatic heterocycles. The van der Waals surface area contributed by atoms with E-state index in [2.05, 4.69) is 10.5 Å². The summed E-state index contributed by atoms with van der Waals surface area (Å²) in [7, 11) is 1.80. The number of aromatic nitrogens is 1. The number of hydrogen-bond donors (Lipinski definition) is 1. The zero-order valence-electron chi connectivity index (χ0n) is 12.9. The van der Waals surface area contributed by atoms with E-state index in [1.165, 1.54) is 0 Å². The normalized spacial score (nSPS) is 10.5. The highest BCUT2D eigenvalue weighted by Crippen LogP contribution is 2.20. The van der Waals surface area contributed by atoms with Crippen molar-refractivity contribution in [1.29, 1.82) is 0 Å². The number of benzene rings is 1. The number of carbonyl (C=O) groups is 1. The molecular weight excluding hydrogens is 266 g/mol. The molecule has 21 heavy (non-hydrogen) atoms. The first-order chi connectivity index (χ1) is 9.99. The Morgan fingerprint density at radius 1 is 1.33 bits per heavy atom. The second kappa shape index (κ2) is 6.43. The van der Waals surface area contributed by atoms with Crippen molar-refractivity contribution in [3.8, 4) is 0 Å². The molecule has 0 fully saturated rings. The number of amides is 1. The molecule has 0 radical (unpaired) electrons. The van der Waals surface area contributed by atoms with Crippen LogP contribution in [0, 0.1) is 13.8 Å². The van der Waals surface area contributed by atoms with Crippen molar-refractivity contribution in [2.45, 2.75) is 33.9 Å². The van der Waals surface area contributed by atoms with Gasteiger partial charge in [-0.3, -0.25) is 4.79 Å². The van der Waals surface area contributed by atoms with Gasteiger partial charge >= 0.3 is 0 Å². The molecule has 0 saturated carbocycles. The fourth-order valence-electron chi connectivity index (χ4n) is 2.14. The van der Waals surface area contributed by atoms with E-state index in [1.54, 1.807) is 18.9 Å². The van der Waals surface area contributed by atoms with E-state index >= 15 is 0 Å². The zero-order chi connectivity index (χ0) is 15.4. The summed E-state index contributed by atoms with van der Waals surface area (Å²) in [5.41, 5.74) is 4.08. The molecule has 0 unspecified atom stereocenters. The molecule has 1 amide bonds. The number of hydrogen-bond acceptors (Lipinski definition) is 4. The van der Waals surface area contributed by atoms with Gasteiger partial charge in [-0.2, -0.15) is 0 Å². The molecule has 5 heteroatoms. The predicted octanol–water partition coefficient (Wildman–Crippen LogP) is 2.88. The van der Waals surface area contributed by atoms with Gasteiger partial charge in [-0.05, 0) is 25.5 Å². The number of nitrogens with one attached hydrogen (secondary N) is 1. The van der Waals surface area contributed by atoms with E-state index in [0.29, 0.717) is 13.1 Å². The molecule has 1 aromatic carbocycles. The van der Waals surface area contributed by atoms with Crippen LogP contribution in [-0.4, -0.2) is 23.0 Å². The van der Waals surface area contributed by atoms with E-state index in [4.69, 9.17) is 4.52 Å². The minimum absolute atomic E-state index is 0.0514. The van der Waals surface area contributed by atoms with Gasteiger partial charge in [-0.1, -0.05) is 23.4 Å². The monoisotopic (exact) mass is 287 g/mol. The van der Waals surface area contributed by atoms with E-state index < -0.39 is 0 Å². The Balaban J connectivity index is 2.12. The van der Waals surface area contributed by atoms with Crippen LogP contribution in [0.2, 0.25) is 0 Å². The van der Waals surface area contributed by atoms with E-state index in [1.807, 2.05) is 38.1 Å². The molecule has 0 aliphatic rings. The van der Waals surface area contributed by atoms with Crippen molar-refractivity contribution in [3.63, 3.8) is 0 Å². The Kier molecular flexibility index (Phi) is 4.62. The Hall–Kier alpha value is -2.30. The molecule has 2 rings (SSSR count). The highest BCUT2D eigenvalue weighted by Gasteiger charge is 2.11. The van der Waals surface area contributed by atoms with Crippen molar-refractivity contribution in [1.82, 2.24) is 10.1 Å². The lowest BCUT2D eigenvalue weighted by Gasteiger charge is -2.18. The summed E-state index contributed by atoms with van der Waals surface area (Å²) >= 11 is 0.